The van der Waals surface area contributed by atoms with Crippen LogP contribution in [0, 0.1) is 0 Å². The lowest BCUT2D eigenvalue weighted by Gasteiger charge is -2.38. The molecule has 2 N–H and O–H groups in total. The highest BCUT2D eigenvalue weighted by molar-refractivity contribution is 8.24. The molecular weight excluding hydrogens is 530 g/mol. The molecule has 3 aliphatic rings. The van der Waals surface area contributed by atoms with Crippen LogP contribution in [0.3, 0.4) is 0 Å². The molecule has 0 saturated heterocycles. The Morgan fingerprint density at radius 2 is 1.44 bits per heavy atom. The van der Waals surface area contributed by atoms with Gasteiger partial charge in [-0.25, -0.2) is 8.42 Å². The van der Waals surface area contributed by atoms with Crippen molar-refractivity contribution in [3.8, 4) is 11.1 Å². The molecule has 1 aliphatic carbocycles. The zero-order chi connectivity index (χ0) is 26.9. The Morgan fingerprint density at radius 3 is 2.28 bits per heavy atom. The van der Waals surface area contributed by atoms with Crippen LogP contribution in [0.4, 0.5) is 11.4 Å². The van der Waals surface area contributed by atoms with Gasteiger partial charge >= 0.3 is 0 Å². The minimum Gasteiger partial charge on any atom is -0.312 e. The van der Waals surface area contributed by atoms with Crippen LogP contribution in [-0.2, 0) is 9.84 Å². The van der Waals surface area contributed by atoms with Crippen molar-refractivity contribution in [2.75, 3.05) is 4.90 Å². The van der Waals surface area contributed by atoms with Crippen molar-refractivity contribution in [2.24, 2.45) is 0 Å². The smallest absolute Gasteiger partial charge is 0.210 e. The van der Waals surface area contributed by atoms with E-state index in [4.69, 9.17) is 0 Å². The molecule has 0 spiro atoms. The Hall–Kier alpha value is -3.95. The molecule has 2 heterocycles. The van der Waals surface area contributed by atoms with Crippen LogP contribution < -0.4 is 4.90 Å². The number of nitrogens with zero attached hydrogens (tertiary/aromatic N) is 1. The molecule has 0 radical (unpaired) electrons. The Balaban J connectivity index is 1.37. The average molecular weight is 554 g/mol. The number of benzene rings is 4. The number of ketones is 1. The normalized spacial score (nSPS) is 19.0. The molecule has 0 atom stereocenters. The molecule has 0 fully saturated rings. The summed E-state index contributed by atoms with van der Waals surface area (Å²) in [5.41, 5.74) is 4.28. The number of fused-ring (bicyclic) bond motifs is 3. The van der Waals surface area contributed by atoms with Gasteiger partial charge in [-0.15, -0.1) is 10.6 Å². The maximum absolute atomic E-state index is 13.4. The van der Waals surface area contributed by atoms with E-state index in [0.29, 0.717) is 22.6 Å². The largest absolute Gasteiger partial charge is 0.312 e. The number of allylic oxidation sites excluding steroid dienone is 3. The third kappa shape index (κ3) is 3.49. The van der Waals surface area contributed by atoms with Crippen molar-refractivity contribution < 1.29 is 22.3 Å². The fraction of sp³-hybridized carbons (Fsp3) is 0.0645. The molecule has 2 aliphatic heterocycles. The Bertz CT molecular complexity index is 1890. The van der Waals surface area contributed by atoms with Gasteiger partial charge in [0.2, 0.25) is 9.84 Å². The third-order valence-electron chi connectivity index (χ3n) is 7.46. The van der Waals surface area contributed by atoms with Gasteiger partial charge in [0.05, 0.1) is 25.3 Å². The summed E-state index contributed by atoms with van der Waals surface area (Å²) in [7, 11) is -6.94. The Kier molecular flexibility index (Phi) is 5.27. The Labute approximate surface area is 227 Å². The van der Waals surface area contributed by atoms with Crippen molar-refractivity contribution >= 4 is 37.6 Å². The van der Waals surface area contributed by atoms with Crippen LogP contribution in [0.5, 0.6) is 0 Å². The molecule has 6 nitrogen and oxygen atoms in total. The predicted octanol–water partition coefficient (Wildman–Crippen LogP) is 7.55. The first-order valence-corrected chi connectivity index (χ1v) is 15.5. The predicted molar refractivity (Wildman–Crippen MR) is 152 cm³/mol. The number of sulfone groups is 1. The zero-order valence-corrected chi connectivity index (χ0v) is 22.2. The summed E-state index contributed by atoms with van der Waals surface area (Å²) in [4.78, 5) is 16.4. The van der Waals surface area contributed by atoms with Gasteiger partial charge in [-0.2, -0.15) is 0 Å². The molecule has 0 aromatic heterocycles. The lowest BCUT2D eigenvalue weighted by Crippen LogP contribution is -2.28. The molecular formula is C31H23NO5S2. The van der Waals surface area contributed by atoms with Crippen LogP contribution in [0.1, 0.15) is 28.8 Å². The second-order valence-corrected chi connectivity index (χ2v) is 13.6. The summed E-state index contributed by atoms with van der Waals surface area (Å²) < 4.78 is 48.9. The van der Waals surface area contributed by atoms with E-state index < -0.39 is 20.4 Å². The van der Waals surface area contributed by atoms with E-state index in [1.165, 1.54) is 0 Å². The number of anilines is 2. The fourth-order valence-electron chi connectivity index (χ4n) is 5.65. The molecule has 4 aromatic carbocycles. The zero-order valence-electron chi connectivity index (χ0n) is 20.6. The molecule has 0 saturated carbocycles. The first kappa shape index (κ1) is 24.1. The molecule has 0 amide bonds. The molecule has 39 heavy (non-hydrogen) atoms. The van der Waals surface area contributed by atoms with Gasteiger partial charge < -0.3 is 4.90 Å². The quantitative estimate of drug-likeness (QED) is 0.266. The number of hydrogen-bond acceptors (Lipinski definition) is 6. The number of carbonyl (C=O) groups excluding carboxylic acids is 1. The van der Waals surface area contributed by atoms with Gasteiger partial charge in [0.15, 0.2) is 5.78 Å². The molecule has 194 valence electrons. The van der Waals surface area contributed by atoms with Crippen LogP contribution >= 0.6 is 10.6 Å². The van der Waals surface area contributed by atoms with Gasteiger partial charge in [0, 0.05) is 22.5 Å². The van der Waals surface area contributed by atoms with E-state index in [1.807, 2.05) is 47.4 Å². The minimum absolute atomic E-state index is 0.227. The number of hydrogen-bond donors (Lipinski definition) is 2. The summed E-state index contributed by atoms with van der Waals surface area (Å²) in [6.45, 7) is 0. The fourth-order valence-corrected chi connectivity index (χ4v) is 9.05. The highest BCUT2D eigenvalue weighted by atomic mass is 32.3. The summed E-state index contributed by atoms with van der Waals surface area (Å²) in [5, 5.41) is 0. The number of para-hydroxylation sites is 1. The minimum atomic E-state index is -3.63. The van der Waals surface area contributed by atoms with Crippen molar-refractivity contribution in [3.05, 3.63) is 125 Å². The van der Waals surface area contributed by atoms with Gasteiger partial charge in [-0.1, -0.05) is 48.5 Å². The van der Waals surface area contributed by atoms with Crippen molar-refractivity contribution in [1.29, 1.82) is 0 Å². The maximum atomic E-state index is 13.4. The van der Waals surface area contributed by atoms with Gasteiger partial charge in [0.25, 0.3) is 0 Å². The van der Waals surface area contributed by atoms with Crippen LogP contribution in [0.2, 0.25) is 0 Å². The van der Waals surface area contributed by atoms with E-state index >= 15 is 0 Å². The van der Waals surface area contributed by atoms with E-state index in [2.05, 4.69) is 0 Å². The highest BCUT2D eigenvalue weighted by Gasteiger charge is 2.37. The highest BCUT2D eigenvalue weighted by Crippen LogP contribution is 2.61. The summed E-state index contributed by atoms with van der Waals surface area (Å²) >= 11 is 0. The first-order chi connectivity index (χ1) is 18.8. The van der Waals surface area contributed by atoms with E-state index in [9.17, 15) is 22.3 Å². The average Bonchev–Trinajstić information content (AvgIpc) is 2.96. The number of carbonyl (C=O) groups is 1. The topological polar surface area (TPSA) is 94.9 Å². The van der Waals surface area contributed by atoms with Crippen LogP contribution in [0.15, 0.2) is 128 Å². The Morgan fingerprint density at radius 1 is 0.718 bits per heavy atom. The van der Waals surface area contributed by atoms with E-state index in [1.54, 1.807) is 60.7 Å². The second-order valence-electron chi connectivity index (χ2n) is 9.69. The molecule has 8 heteroatoms. The first-order valence-electron chi connectivity index (χ1n) is 12.5. The van der Waals surface area contributed by atoms with E-state index in [-0.39, 0.29) is 26.0 Å². The molecule has 0 unspecified atom stereocenters. The summed E-state index contributed by atoms with van der Waals surface area (Å²) in [6, 6.07) is 26.5. The molecule has 4 aromatic rings. The van der Waals surface area contributed by atoms with Crippen LogP contribution in [0.25, 0.3) is 11.1 Å². The molecule has 7 rings (SSSR count). The number of rotatable bonds is 2. The van der Waals surface area contributed by atoms with Crippen LogP contribution in [-0.4, -0.2) is 23.3 Å². The van der Waals surface area contributed by atoms with Crippen molar-refractivity contribution in [3.63, 3.8) is 0 Å². The van der Waals surface area contributed by atoms with Gasteiger partial charge in [-0.05, 0) is 78.6 Å². The maximum Gasteiger partial charge on any atom is 0.210 e. The van der Waals surface area contributed by atoms with Gasteiger partial charge in [-0.3, -0.25) is 13.9 Å². The van der Waals surface area contributed by atoms with Crippen molar-refractivity contribution in [1.82, 2.24) is 0 Å². The monoisotopic (exact) mass is 553 g/mol. The summed E-state index contributed by atoms with van der Waals surface area (Å²) in [5.74, 6) is -0.246. The summed E-state index contributed by atoms with van der Waals surface area (Å²) in [6.07, 6.45) is 4.93. The van der Waals surface area contributed by atoms with Crippen molar-refractivity contribution in [2.45, 2.75) is 27.5 Å². The molecule has 0 bridgehead atoms. The third-order valence-corrected chi connectivity index (χ3v) is 11.3. The SMILES string of the molecule is O=C1c2ccccc2S(O)(O)c2ccc(-c3cccc(N4C5=C(C=CCC5)S(=O)(=O)c5ccccc54)c3)cc21. The van der Waals surface area contributed by atoms with E-state index in [0.717, 1.165) is 28.9 Å². The van der Waals surface area contributed by atoms with Gasteiger partial charge in [0.1, 0.15) is 0 Å². The lowest BCUT2D eigenvalue weighted by molar-refractivity contribution is 0.103. The lowest BCUT2D eigenvalue weighted by atomic mass is 9.97. The standard InChI is InChI=1S/C31H23NO5S2/c33-31-23-10-1-4-13-27(23)38(34,35)28-17-16-21(19-24(28)31)20-8-7-9-22(18-20)32-25-11-2-5-14-29(25)39(36,37)30-15-6-3-12-26(30)32/h1-2,4-11,13-19,34-35H,3,12H2. The second kappa shape index (κ2) is 8.53.